The van der Waals surface area contributed by atoms with Gasteiger partial charge in [0, 0.05) is 12.1 Å². The zero-order chi connectivity index (χ0) is 17.7. The molecule has 1 atom stereocenters. The summed E-state index contributed by atoms with van der Waals surface area (Å²) in [7, 11) is 1.59. The highest BCUT2D eigenvalue weighted by molar-refractivity contribution is 7.89. The van der Waals surface area contributed by atoms with Crippen LogP contribution in [0.4, 0.5) is 4.39 Å². The molecule has 0 saturated heterocycles. The molecule has 0 aliphatic carbocycles. The van der Waals surface area contributed by atoms with Gasteiger partial charge in [0.15, 0.2) is 0 Å². The van der Waals surface area contributed by atoms with Gasteiger partial charge >= 0.3 is 0 Å². The summed E-state index contributed by atoms with van der Waals surface area (Å²) >= 11 is 0. The van der Waals surface area contributed by atoms with Crippen LogP contribution in [0.25, 0.3) is 0 Å². The van der Waals surface area contributed by atoms with Crippen molar-refractivity contribution < 1.29 is 17.5 Å². The van der Waals surface area contributed by atoms with Crippen molar-refractivity contribution in [2.24, 2.45) is 0 Å². The third kappa shape index (κ3) is 4.31. The van der Waals surface area contributed by atoms with Crippen LogP contribution in [0.3, 0.4) is 0 Å². The maximum atomic E-state index is 13.0. The van der Waals surface area contributed by atoms with Crippen molar-refractivity contribution in [1.29, 1.82) is 0 Å². The smallest absolute Gasteiger partial charge is 0.240 e. The molecule has 0 aliphatic heterocycles. The minimum absolute atomic E-state index is 0.0291. The van der Waals surface area contributed by atoms with Gasteiger partial charge in [0.2, 0.25) is 10.0 Å². The first-order valence-corrected chi connectivity index (χ1v) is 8.88. The first-order chi connectivity index (χ1) is 11.3. The van der Waals surface area contributed by atoms with Crippen LogP contribution in [0.2, 0.25) is 0 Å². The van der Waals surface area contributed by atoms with Crippen LogP contribution in [-0.2, 0) is 10.0 Å². The molecule has 2 aromatic rings. The largest absolute Gasteiger partial charge is 0.496 e. The Bertz CT molecular complexity index is 777. The predicted octanol–water partition coefficient (Wildman–Crippen LogP) is 2.42. The maximum absolute atomic E-state index is 13.0. The maximum Gasteiger partial charge on any atom is 0.240 e. The first-order valence-electron chi connectivity index (χ1n) is 7.39. The number of hydrogen-bond acceptors (Lipinski definition) is 4. The number of rotatable bonds is 7. The molecule has 130 valence electrons. The fraction of sp³-hybridized carbons (Fsp3) is 0.294. The molecule has 0 bridgehead atoms. The number of hydrogen-bond donors (Lipinski definition) is 1. The molecule has 7 heteroatoms. The van der Waals surface area contributed by atoms with Gasteiger partial charge in [-0.05, 0) is 44.4 Å². The van der Waals surface area contributed by atoms with Crippen LogP contribution >= 0.6 is 0 Å². The lowest BCUT2D eigenvalue weighted by Crippen LogP contribution is -2.34. The molecular formula is C17H21FN2O3S. The topological polar surface area (TPSA) is 58.6 Å². The van der Waals surface area contributed by atoms with Gasteiger partial charge in [0.25, 0.3) is 0 Å². The summed E-state index contributed by atoms with van der Waals surface area (Å²) < 4.78 is 45.6. The Morgan fingerprint density at radius 2 is 1.75 bits per heavy atom. The van der Waals surface area contributed by atoms with Gasteiger partial charge in [0.1, 0.15) is 11.6 Å². The Hall–Kier alpha value is -1.96. The minimum Gasteiger partial charge on any atom is -0.496 e. The Balaban J connectivity index is 2.21. The van der Waals surface area contributed by atoms with Crippen LogP contribution in [-0.4, -0.2) is 41.1 Å². The minimum atomic E-state index is -3.72. The van der Waals surface area contributed by atoms with Crippen LogP contribution in [0.1, 0.15) is 11.6 Å². The quantitative estimate of drug-likeness (QED) is 0.831. The Morgan fingerprint density at radius 1 is 1.12 bits per heavy atom. The van der Waals surface area contributed by atoms with Gasteiger partial charge in [-0.3, -0.25) is 0 Å². The van der Waals surface area contributed by atoms with Crippen LogP contribution in [0.5, 0.6) is 5.75 Å². The molecule has 0 amide bonds. The Morgan fingerprint density at radius 3 is 2.33 bits per heavy atom. The second-order valence-corrected chi connectivity index (χ2v) is 7.29. The summed E-state index contributed by atoms with van der Waals surface area (Å²) in [4.78, 5) is 1.94. The van der Waals surface area contributed by atoms with Gasteiger partial charge in [-0.2, -0.15) is 0 Å². The third-order valence-corrected chi connectivity index (χ3v) is 5.15. The normalized spacial score (nSPS) is 13.0. The summed E-state index contributed by atoms with van der Waals surface area (Å²) in [5.74, 6) is 0.214. The zero-order valence-electron chi connectivity index (χ0n) is 13.9. The van der Waals surface area contributed by atoms with Crippen molar-refractivity contribution >= 4 is 10.0 Å². The molecule has 0 saturated carbocycles. The number of ether oxygens (including phenoxy) is 1. The second kappa shape index (κ2) is 7.74. The lowest BCUT2D eigenvalue weighted by Gasteiger charge is -2.26. The second-order valence-electron chi connectivity index (χ2n) is 5.53. The van der Waals surface area contributed by atoms with Gasteiger partial charge in [-0.15, -0.1) is 0 Å². The highest BCUT2D eigenvalue weighted by atomic mass is 32.2. The molecule has 0 heterocycles. The molecule has 5 nitrogen and oxygen atoms in total. The average molecular weight is 352 g/mol. The lowest BCUT2D eigenvalue weighted by molar-refractivity contribution is 0.289. The summed E-state index contributed by atoms with van der Waals surface area (Å²) in [6.07, 6.45) is 0. The van der Waals surface area contributed by atoms with Crippen LogP contribution in [0.15, 0.2) is 53.4 Å². The number of sulfonamides is 1. The Kier molecular flexibility index (Phi) is 5.93. The van der Waals surface area contributed by atoms with E-state index in [0.717, 1.165) is 17.7 Å². The van der Waals surface area contributed by atoms with E-state index in [1.54, 1.807) is 7.11 Å². The zero-order valence-corrected chi connectivity index (χ0v) is 14.7. The van der Waals surface area contributed by atoms with E-state index in [2.05, 4.69) is 4.72 Å². The van der Waals surface area contributed by atoms with Gasteiger partial charge < -0.3 is 9.64 Å². The molecule has 24 heavy (non-hydrogen) atoms. The molecule has 2 rings (SSSR count). The molecule has 0 fully saturated rings. The molecule has 0 aromatic heterocycles. The number of methoxy groups -OCH3 is 1. The van der Waals surface area contributed by atoms with Crippen molar-refractivity contribution in [3.05, 3.63) is 59.9 Å². The Labute approximate surface area is 142 Å². The SMILES string of the molecule is COc1ccccc1[C@@H](CNS(=O)(=O)c1ccc(F)cc1)N(C)C. The lowest BCUT2D eigenvalue weighted by atomic mass is 10.1. The average Bonchev–Trinajstić information content (AvgIpc) is 2.55. The number of nitrogens with one attached hydrogen (secondary N) is 1. The van der Waals surface area contributed by atoms with Crippen LogP contribution in [0, 0.1) is 5.82 Å². The van der Waals surface area contributed by atoms with E-state index < -0.39 is 15.8 Å². The van der Waals surface area contributed by atoms with Crippen molar-refractivity contribution in [2.75, 3.05) is 27.7 Å². The number of halogens is 1. The van der Waals surface area contributed by atoms with E-state index in [4.69, 9.17) is 4.74 Å². The molecule has 0 radical (unpaired) electrons. The van der Waals surface area contributed by atoms with E-state index in [9.17, 15) is 12.8 Å². The van der Waals surface area contributed by atoms with Crippen molar-refractivity contribution in [3.8, 4) is 5.75 Å². The fourth-order valence-corrected chi connectivity index (χ4v) is 3.44. The van der Waals surface area contributed by atoms with E-state index in [1.807, 2.05) is 43.3 Å². The van der Waals surface area contributed by atoms with Gasteiger partial charge in [-0.1, -0.05) is 18.2 Å². The number of likely N-dealkylation sites (N-methyl/N-ethyl adjacent to an activating group) is 1. The molecule has 0 spiro atoms. The highest BCUT2D eigenvalue weighted by Gasteiger charge is 2.22. The summed E-state index contributed by atoms with van der Waals surface area (Å²) in [5, 5.41) is 0. The highest BCUT2D eigenvalue weighted by Crippen LogP contribution is 2.27. The summed E-state index contributed by atoms with van der Waals surface area (Å²) in [5.41, 5.74) is 0.881. The molecule has 0 aliphatic rings. The predicted molar refractivity (Wildman–Crippen MR) is 91.0 cm³/mol. The first kappa shape index (κ1) is 18.4. The summed E-state index contributed by atoms with van der Waals surface area (Å²) in [6, 6.07) is 12.0. The third-order valence-electron chi connectivity index (χ3n) is 3.71. The van der Waals surface area contributed by atoms with Crippen molar-refractivity contribution in [3.63, 3.8) is 0 Å². The van der Waals surface area contributed by atoms with E-state index in [-0.39, 0.29) is 17.5 Å². The van der Waals surface area contributed by atoms with E-state index in [0.29, 0.717) is 5.75 Å². The van der Waals surface area contributed by atoms with Gasteiger partial charge in [-0.25, -0.2) is 17.5 Å². The fourth-order valence-electron chi connectivity index (χ4n) is 2.40. The molecule has 2 aromatic carbocycles. The van der Waals surface area contributed by atoms with Crippen LogP contribution < -0.4 is 9.46 Å². The van der Waals surface area contributed by atoms with Crippen molar-refractivity contribution in [2.45, 2.75) is 10.9 Å². The monoisotopic (exact) mass is 352 g/mol. The summed E-state index contributed by atoms with van der Waals surface area (Å²) in [6.45, 7) is 0.160. The van der Waals surface area contributed by atoms with E-state index in [1.165, 1.54) is 12.1 Å². The van der Waals surface area contributed by atoms with Crippen molar-refractivity contribution in [1.82, 2.24) is 9.62 Å². The van der Waals surface area contributed by atoms with Gasteiger partial charge in [0.05, 0.1) is 18.0 Å². The molecule has 1 N–H and O–H groups in total. The molecule has 0 unspecified atom stereocenters. The number of para-hydroxylation sites is 1. The number of benzene rings is 2. The standard InChI is InChI=1S/C17H21FN2O3S/c1-20(2)16(15-6-4-5-7-17(15)23-3)12-19-24(21,22)14-10-8-13(18)9-11-14/h4-11,16,19H,12H2,1-3H3/t16-/m1/s1. The van der Waals surface area contributed by atoms with E-state index >= 15 is 0 Å². The molecular weight excluding hydrogens is 331 g/mol. The number of nitrogens with zero attached hydrogens (tertiary/aromatic N) is 1.